The molecule has 0 radical (unpaired) electrons. The van der Waals surface area contributed by atoms with Gasteiger partial charge in [-0.25, -0.2) is 0 Å². The van der Waals surface area contributed by atoms with Gasteiger partial charge in [-0.2, -0.15) is 0 Å². The number of carboxylic acid groups (broad SMARTS) is 1. The van der Waals surface area contributed by atoms with E-state index in [0.29, 0.717) is 18.8 Å². The fourth-order valence-corrected chi connectivity index (χ4v) is 4.00. The third kappa shape index (κ3) is 8.68. The number of phenolic OH excluding ortho intramolecular Hbond substituents is 1. The van der Waals surface area contributed by atoms with Crippen molar-refractivity contribution in [3.05, 3.63) is 89.5 Å². The van der Waals surface area contributed by atoms with Crippen LogP contribution in [0, 0.1) is 12.3 Å². The van der Waals surface area contributed by atoms with E-state index in [4.69, 9.17) is 9.84 Å². The maximum atomic E-state index is 10.7. The van der Waals surface area contributed by atoms with Gasteiger partial charge >= 0.3 is 5.97 Å². The van der Waals surface area contributed by atoms with E-state index in [1.165, 1.54) is 5.56 Å². The highest BCUT2D eigenvalue weighted by molar-refractivity contribution is 5.67. The van der Waals surface area contributed by atoms with Gasteiger partial charge in [0.2, 0.25) is 0 Å². The molecule has 0 unspecified atom stereocenters. The number of terminal acetylenes is 1. The van der Waals surface area contributed by atoms with Crippen molar-refractivity contribution in [3.8, 4) is 23.8 Å². The Morgan fingerprint density at radius 3 is 2.03 bits per heavy atom. The first-order valence-corrected chi connectivity index (χ1v) is 12.1. The number of rotatable bonds is 9. The predicted molar refractivity (Wildman–Crippen MR) is 143 cm³/mol. The van der Waals surface area contributed by atoms with E-state index in [1.807, 2.05) is 36.4 Å². The first kappa shape index (κ1) is 26.7. The molecule has 0 spiro atoms. The summed E-state index contributed by atoms with van der Waals surface area (Å²) in [6.07, 6.45) is 5.27. The third-order valence-corrected chi connectivity index (χ3v) is 5.97. The molecule has 0 saturated carbocycles. The van der Waals surface area contributed by atoms with E-state index >= 15 is 0 Å². The Morgan fingerprint density at radius 1 is 0.889 bits per heavy atom. The van der Waals surface area contributed by atoms with Crippen LogP contribution in [0.1, 0.15) is 30.0 Å². The van der Waals surface area contributed by atoms with Crippen molar-refractivity contribution < 1.29 is 19.7 Å². The predicted octanol–water partition coefficient (Wildman–Crippen LogP) is 4.95. The lowest BCUT2D eigenvalue weighted by atomic mass is 10.1. The summed E-state index contributed by atoms with van der Waals surface area (Å²) in [6, 6.07) is 23.6. The molecule has 1 aliphatic heterocycles. The minimum absolute atomic E-state index is 0.140. The Bertz CT molecular complexity index is 1110. The molecule has 0 aromatic heterocycles. The number of aromatic hydroxyl groups is 1. The van der Waals surface area contributed by atoms with Crippen LogP contribution in [0.2, 0.25) is 0 Å². The molecule has 6 heteroatoms. The van der Waals surface area contributed by atoms with E-state index in [0.717, 1.165) is 55.3 Å². The summed E-state index contributed by atoms with van der Waals surface area (Å²) in [5.41, 5.74) is 4.56. The number of ether oxygens (including phenoxy) is 1. The van der Waals surface area contributed by atoms with Crippen LogP contribution >= 0.6 is 0 Å². The minimum Gasteiger partial charge on any atom is -0.508 e. The number of anilines is 1. The van der Waals surface area contributed by atoms with Crippen molar-refractivity contribution in [1.29, 1.82) is 0 Å². The lowest BCUT2D eigenvalue weighted by Crippen LogP contribution is -2.45. The Morgan fingerprint density at radius 2 is 1.44 bits per heavy atom. The average Bonchev–Trinajstić information content (AvgIpc) is 2.89. The largest absolute Gasteiger partial charge is 0.508 e. The number of hydrogen-bond donors (Lipinski definition) is 2. The van der Waals surface area contributed by atoms with Gasteiger partial charge in [-0.3, -0.25) is 9.69 Å². The molecule has 0 bridgehead atoms. The number of benzene rings is 3. The first-order valence-electron chi connectivity index (χ1n) is 12.1. The maximum Gasteiger partial charge on any atom is 0.303 e. The SMILES string of the molecule is C#CC.O=C(O)CCc1ccc(OCc2ccc(CN3CCN(c4ccc(O)cc4)CC3)cc2)cc1. The second kappa shape index (κ2) is 13.8. The molecule has 6 nitrogen and oxygen atoms in total. The zero-order valence-electron chi connectivity index (χ0n) is 20.8. The maximum absolute atomic E-state index is 10.7. The van der Waals surface area contributed by atoms with Crippen molar-refractivity contribution >= 4 is 11.7 Å². The molecule has 3 aromatic rings. The second-order valence-electron chi connectivity index (χ2n) is 8.71. The summed E-state index contributed by atoms with van der Waals surface area (Å²) in [5, 5.41) is 18.2. The highest BCUT2D eigenvalue weighted by Crippen LogP contribution is 2.21. The third-order valence-electron chi connectivity index (χ3n) is 5.97. The molecule has 36 heavy (non-hydrogen) atoms. The summed E-state index contributed by atoms with van der Waals surface area (Å²) in [5.74, 6) is 2.55. The van der Waals surface area contributed by atoms with Gasteiger partial charge in [0, 0.05) is 44.8 Å². The lowest BCUT2D eigenvalue weighted by molar-refractivity contribution is -0.136. The quantitative estimate of drug-likeness (QED) is 0.417. The van der Waals surface area contributed by atoms with Crippen molar-refractivity contribution in [2.75, 3.05) is 31.1 Å². The van der Waals surface area contributed by atoms with E-state index in [-0.39, 0.29) is 6.42 Å². The monoisotopic (exact) mass is 486 g/mol. The first-order chi connectivity index (χ1) is 17.5. The molecule has 0 aliphatic carbocycles. The summed E-state index contributed by atoms with van der Waals surface area (Å²) < 4.78 is 5.88. The molecule has 1 saturated heterocycles. The Hall–Kier alpha value is -3.95. The van der Waals surface area contributed by atoms with Gasteiger partial charge in [0.1, 0.15) is 18.1 Å². The Kier molecular flexibility index (Phi) is 10.2. The van der Waals surface area contributed by atoms with Gasteiger partial charge in [-0.05, 0) is 66.4 Å². The van der Waals surface area contributed by atoms with Gasteiger partial charge < -0.3 is 19.8 Å². The standard InChI is InChI=1S/C27H30N2O4.C3H4/c30-25-10-8-24(9-11-25)29-17-15-28(16-18-29)19-22-1-3-23(4-2-22)20-33-26-12-5-21(6-13-26)7-14-27(31)32;1-3-2/h1-6,8-13,30H,7,14-20H2,(H,31,32);1H,2H3. The number of hydrogen-bond acceptors (Lipinski definition) is 5. The van der Waals surface area contributed by atoms with Gasteiger partial charge in [-0.15, -0.1) is 12.3 Å². The normalized spacial score (nSPS) is 13.3. The molecule has 4 rings (SSSR count). The number of piperazine rings is 1. The number of aliphatic carboxylic acids is 1. The zero-order valence-corrected chi connectivity index (χ0v) is 20.8. The second-order valence-corrected chi connectivity index (χ2v) is 8.71. The molecule has 0 amide bonds. The van der Waals surface area contributed by atoms with Crippen LogP contribution in [0.25, 0.3) is 0 Å². The van der Waals surface area contributed by atoms with E-state index in [1.54, 1.807) is 19.1 Å². The van der Waals surface area contributed by atoms with Crippen LogP contribution < -0.4 is 9.64 Å². The molecule has 3 aromatic carbocycles. The summed E-state index contributed by atoms with van der Waals surface area (Å²) in [6.45, 7) is 7.06. The van der Waals surface area contributed by atoms with Crippen molar-refractivity contribution in [3.63, 3.8) is 0 Å². The minimum atomic E-state index is -0.782. The number of carbonyl (C=O) groups is 1. The molecular formula is C30H34N2O4. The molecule has 188 valence electrons. The lowest BCUT2D eigenvalue weighted by Gasteiger charge is -2.36. The number of aryl methyl sites for hydroxylation is 1. The Labute approximate surface area is 213 Å². The fraction of sp³-hybridized carbons (Fsp3) is 0.300. The molecule has 2 N–H and O–H groups in total. The average molecular weight is 487 g/mol. The van der Waals surface area contributed by atoms with Crippen LogP contribution in [0.4, 0.5) is 5.69 Å². The van der Waals surface area contributed by atoms with Crippen molar-refractivity contribution in [2.45, 2.75) is 32.9 Å². The number of nitrogens with zero attached hydrogens (tertiary/aromatic N) is 2. The topological polar surface area (TPSA) is 73.2 Å². The number of phenols is 1. The fourth-order valence-electron chi connectivity index (χ4n) is 4.00. The zero-order chi connectivity index (χ0) is 25.8. The summed E-state index contributed by atoms with van der Waals surface area (Å²) >= 11 is 0. The molecule has 1 fully saturated rings. The van der Waals surface area contributed by atoms with Crippen LogP contribution in [0.5, 0.6) is 11.5 Å². The highest BCUT2D eigenvalue weighted by Gasteiger charge is 2.17. The smallest absolute Gasteiger partial charge is 0.303 e. The van der Waals surface area contributed by atoms with Crippen LogP contribution in [0.15, 0.2) is 72.8 Å². The van der Waals surface area contributed by atoms with Gasteiger partial charge in [0.05, 0.1) is 0 Å². The molecule has 1 heterocycles. The van der Waals surface area contributed by atoms with Crippen molar-refractivity contribution in [1.82, 2.24) is 4.90 Å². The molecular weight excluding hydrogens is 452 g/mol. The molecule has 1 aliphatic rings. The molecule has 0 atom stereocenters. The van der Waals surface area contributed by atoms with Gasteiger partial charge in [-0.1, -0.05) is 36.4 Å². The Balaban J connectivity index is 0.00000115. The summed E-state index contributed by atoms with van der Waals surface area (Å²) in [7, 11) is 0. The van der Waals surface area contributed by atoms with Crippen LogP contribution in [-0.4, -0.2) is 47.3 Å². The van der Waals surface area contributed by atoms with Crippen LogP contribution in [0.3, 0.4) is 0 Å². The summed E-state index contributed by atoms with van der Waals surface area (Å²) in [4.78, 5) is 15.5. The van der Waals surface area contributed by atoms with E-state index < -0.39 is 5.97 Å². The van der Waals surface area contributed by atoms with Gasteiger partial charge in [0.25, 0.3) is 0 Å². The van der Waals surface area contributed by atoms with Crippen molar-refractivity contribution in [2.24, 2.45) is 0 Å². The highest BCUT2D eigenvalue weighted by atomic mass is 16.5. The van der Waals surface area contributed by atoms with E-state index in [2.05, 4.69) is 46.4 Å². The van der Waals surface area contributed by atoms with E-state index in [9.17, 15) is 9.90 Å². The van der Waals surface area contributed by atoms with Gasteiger partial charge in [0.15, 0.2) is 0 Å². The van der Waals surface area contributed by atoms with Crippen LogP contribution in [-0.2, 0) is 24.4 Å². The number of carboxylic acids is 1.